The fourth-order valence-electron chi connectivity index (χ4n) is 9.67. The highest BCUT2D eigenvalue weighted by Crippen LogP contribution is 2.44. The Morgan fingerprint density at radius 2 is 1.33 bits per heavy atom. The van der Waals surface area contributed by atoms with Crippen LogP contribution in [0.3, 0.4) is 0 Å². The van der Waals surface area contributed by atoms with Gasteiger partial charge in [-0.25, -0.2) is 9.59 Å². The third-order valence-electron chi connectivity index (χ3n) is 13.7. The molecule has 4 N–H and O–H groups in total. The molecule has 6 atom stereocenters. The number of ketones is 1. The van der Waals surface area contributed by atoms with Gasteiger partial charge in [0.25, 0.3) is 0 Å². The second-order valence-electron chi connectivity index (χ2n) is 18.6. The molecule has 10 nitrogen and oxygen atoms in total. The molecule has 12 heteroatoms. The predicted molar refractivity (Wildman–Crippen MR) is 274 cm³/mol. The highest BCUT2D eigenvalue weighted by atomic mass is 32.2. The molecule has 354 valence electrons. The number of aliphatic hydroxyl groups excluding tert-OH is 1. The predicted octanol–water partition coefficient (Wildman–Crippen LogP) is 12.5. The summed E-state index contributed by atoms with van der Waals surface area (Å²) in [7, 11) is 0. The lowest BCUT2D eigenvalue weighted by Gasteiger charge is -2.32. The highest BCUT2D eigenvalue weighted by Gasteiger charge is 2.40. The molecular formula is C52H80N6O4S2. The number of likely N-dealkylation sites (tertiary alicyclic amines) is 1. The lowest BCUT2D eigenvalue weighted by Crippen LogP contribution is -2.34. The third kappa shape index (κ3) is 13.7. The minimum Gasteiger partial charge on any atom is -0.506 e. The van der Waals surface area contributed by atoms with Gasteiger partial charge in [0.15, 0.2) is 0 Å². The van der Waals surface area contributed by atoms with E-state index in [-0.39, 0.29) is 28.7 Å². The molecule has 0 bridgehead atoms. The zero-order chi connectivity index (χ0) is 46.2. The number of hydrogen-bond acceptors (Lipinski definition) is 8. The standard InChI is InChI=1S/C52H80N6O4S2/c1-9-13-17-39(11-3)33-63-29-15-27-53-51(61)55-45-31-41(57-35(5)19-20-36(57)6)23-25-43(45)47-49(59)48(50(47)60)44-26-24-42(58-37(7)21-22-38(58)8)32-46(44)56-52(62)54-28-16-30-64-34-40(12-4)18-14-10-2/h23-26,31-32,35-40,59H,9-22,27-30,33-34H2,1-8H3,(H,53,61)(H2,54,56,62)/b47-43-,55-45+. The minimum atomic E-state index is -0.467. The number of thioether (sulfide) groups is 2. The largest absolute Gasteiger partial charge is 0.506 e. The molecule has 5 rings (SSSR count). The van der Waals surface area contributed by atoms with Crippen molar-refractivity contribution in [3.8, 4) is 0 Å². The van der Waals surface area contributed by atoms with Crippen LogP contribution in [0.25, 0.3) is 5.57 Å². The van der Waals surface area contributed by atoms with Crippen LogP contribution >= 0.6 is 23.5 Å². The second kappa shape index (κ2) is 25.9. The first-order chi connectivity index (χ1) is 30.9. The van der Waals surface area contributed by atoms with E-state index in [0.717, 1.165) is 84.8 Å². The van der Waals surface area contributed by atoms with Crippen molar-refractivity contribution in [2.24, 2.45) is 16.8 Å². The quantitative estimate of drug-likeness (QED) is 0.0597. The molecule has 0 radical (unpaired) electrons. The van der Waals surface area contributed by atoms with Gasteiger partial charge in [-0.3, -0.25) is 4.79 Å². The molecule has 2 saturated heterocycles. The molecule has 6 unspecified atom stereocenters. The number of unbranched alkanes of at least 4 members (excludes halogenated alkanes) is 2. The van der Waals surface area contributed by atoms with Gasteiger partial charge < -0.3 is 30.9 Å². The third-order valence-corrected chi connectivity index (χ3v) is 16.3. The number of aliphatic imine (C=N–C) groups is 1. The summed E-state index contributed by atoms with van der Waals surface area (Å²) < 4.78 is 0. The van der Waals surface area contributed by atoms with Crippen LogP contribution in [0.15, 0.2) is 64.0 Å². The van der Waals surface area contributed by atoms with Gasteiger partial charge in [-0.1, -0.05) is 66.2 Å². The fourth-order valence-corrected chi connectivity index (χ4v) is 12.2. The Bertz CT molecular complexity index is 1890. The number of nitrogens with one attached hydrogen (secondary N) is 3. The summed E-state index contributed by atoms with van der Waals surface area (Å²) in [5, 5.41) is 20.9. The van der Waals surface area contributed by atoms with E-state index in [0.29, 0.717) is 59.8 Å². The molecule has 2 aliphatic carbocycles. The van der Waals surface area contributed by atoms with Crippen molar-refractivity contribution < 1.29 is 19.5 Å². The van der Waals surface area contributed by atoms with Crippen molar-refractivity contribution in [1.29, 1.82) is 0 Å². The average Bonchev–Trinajstić information content (AvgIpc) is 3.80. The number of rotatable bonds is 24. The summed E-state index contributed by atoms with van der Waals surface area (Å²) in [6, 6.07) is 6.23. The number of anilines is 2. The molecular weight excluding hydrogens is 837 g/mol. The Kier molecular flexibility index (Phi) is 20.8. The molecule has 2 fully saturated rings. The number of amides is 4. The Hall–Kier alpha value is -3.64. The van der Waals surface area contributed by atoms with Gasteiger partial charge in [0.05, 0.1) is 22.5 Å². The van der Waals surface area contributed by atoms with Gasteiger partial charge >= 0.3 is 12.1 Å². The van der Waals surface area contributed by atoms with Crippen molar-refractivity contribution >= 4 is 64.0 Å². The van der Waals surface area contributed by atoms with E-state index < -0.39 is 6.03 Å². The zero-order valence-corrected chi connectivity index (χ0v) is 42.0. The van der Waals surface area contributed by atoms with Crippen molar-refractivity contribution in [3.63, 3.8) is 0 Å². The summed E-state index contributed by atoms with van der Waals surface area (Å²) in [5.74, 6) is 5.21. The summed E-state index contributed by atoms with van der Waals surface area (Å²) in [6.07, 6.45) is 21.6. The SMILES string of the molecule is CCCCC(CC)CSCCCNC(=O)/N=C1\C=C(N2C(C)CCC2C)C=C\C1=C1\C(=O)C(c2ccc(N3C(C)CCC3C)cc2NC(=O)NCCCSCC(CC)CCCC)=C1O. The Morgan fingerprint density at radius 1 is 0.766 bits per heavy atom. The maximum atomic E-state index is 14.4. The second-order valence-corrected chi connectivity index (χ2v) is 20.9. The smallest absolute Gasteiger partial charge is 0.341 e. The van der Waals surface area contributed by atoms with Crippen LogP contribution in [0.4, 0.5) is 21.0 Å². The normalized spacial score (nSPS) is 23.7. The van der Waals surface area contributed by atoms with Crippen LogP contribution in [0.1, 0.15) is 151 Å². The monoisotopic (exact) mass is 917 g/mol. The van der Waals surface area contributed by atoms with Crippen LogP contribution in [0.2, 0.25) is 0 Å². The van der Waals surface area contributed by atoms with E-state index in [2.05, 4.69) is 86.1 Å². The number of hydrogen-bond donors (Lipinski definition) is 4. The fraction of sp³-hybridized carbons (Fsp3) is 0.654. The number of carbonyl (C=O) groups is 3. The van der Waals surface area contributed by atoms with Gasteiger partial charge in [-0.15, -0.1) is 0 Å². The molecule has 4 amide bonds. The number of carbonyl (C=O) groups excluding carboxylic acids is 3. The van der Waals surface area contributed by atoms with Crippen molar-refractivity contribution in [2.45, 2.75) is 169 Å². The first-order valence-corrected chi connectivity index (χ1v) is 27.1. The lowest BCUT2D eigenvalue weighted by atomic mass is 9.78. The number of urea groups is 2. The van der Waals surface area contributed by atoms with E-state index >= 15 is 0 Å². The molecule has 0 spiro atoms. The van der Waals surface area contributed by atoms with Crippen LogP contribution in [0.5, 0.6) is 0 Å². The maximum absolute atomic E-state index is 14.4. The average molecular weight is 917 g/mol. The molecule has 2 aliphatic heterocycles. The maximum Gasteiger partial charge on any atom is 0.341 e. The summed E-state index contributed by atoms with van der Waals surface area (Å²) in [6.45, 7) is 18.9. The van der Waals surface area contributed by atoms with Gasteiger partial charge in [0.2, 0.25) is 5.78 Å². The topological polar surface area (TPSA) is 126 Å². The number of Topliss-reactive ketones (excluding diaryl/α,β-unsaturated/α-hetero) is 1. The summed E-state index contributed by atoms with van der Waals surface area (Å²) >= 11 is 3.91. The lowest BCUT2D eigenvalue weighted by molar-refractivity contribution is -0.111. The molecule has 0 aromatic heterocycles. The molecule has 4 aliphatic rings. The number of benzene rings is 1. The van der Waals surface area contributed by atoms with E-state index in [9.17, 15) is 19.5 Å². The van der Waals surface area contributed by atoms with Gasteiger partial charge in [-0.2, -0.15) is 28.5 Å². The Labute approximate surface area is 394 Å². The van der Waals surface area contributed by atoms with E-state index in [1.807, 2.05) is 60.0 Å². The molecule has 0 saturated carbocycles. The first kappa shape index (κ1) is 51.3. The van der Waals surface area contributed by atoms with Gasteiger partial charge in [0, 0.05) is 59.8 Å². The number of nitrogens with zero attached hydrogens (tertiary/aromatic N) is 3. The van der Waals surface area contributed by atoms with Crippen LogP contribution in [-0.2, 0) is 4.79 Å². The van der Waals surface area contributed by atoms with Crippen LogP contribution < -0.4 is 20.9 Å². The van der Waals surface area contributed by atoms with Crippen LogP contribution in [0, 0.1) is 11.8 Å². The Balaban J connectivity index is 1.35. The minimum absolute atomic E-state index is 0.124. The van der Waals surface area contributed by atoms with Gasteiger partial charge in [0.1, 0.15) is 5.76 Å². The molecule has 1 aromatic carbocycles. The molecule has 2 heterocycles. The van der Waals surface area contributed by atoms with E-state index in [4.69, 9.17) is 0 Å². The molecule has 1 aromatic rings. The Morgan fingerprint density at radius 3 is 1.88 bits per heavy atom. The van der Waals surface area contributed by atoms with E-state index in [1.165, 1.54) is 51.4 Å². The first-order valence-electron chi connectivity index (χ1n) is 24.8. The van der Waals surface area contributed by atoms with Crippen LogP contribution in [-0.4, -0.2) is 93.8 Å². The van der Waals surface area contributed by atoms with Crippen molar-refractivity contribution in [3.05, 3.63) is 64.6 Å². The van der Waals surface area contributed by atoms with Crippen molar-refractivity contribution in [1.82, 2.24) is 15.5 Å². The van der Waals surface area contributed by atoms with Crippen molar-refractivity contribution in [2.75, 3.05) is 46.3 Å². The summed E-state index contributed by atoms with van der Waals surface area (Å²) in [4.78, 5) is 50.5. The number of allylic oxidation sites excluding steroid dienone is 6. The van der Waals surface area contributed by atoms with Gasteiger partial charge in [-0.05, 0) is 150 Å². The zero-order valence-electron chi connectivity index (χ0n) is 40.4. The number of aliphatic hydroxyl groups is 1. The summed E-state index contributed by atoms with van der Waals surface area (Å²) in [5.41, 5.74) is 3.84. The highest BCUT2D eigenvalue weighted by molar-refractivity contribution is 7.99. The van der Waals surface area contributed by atoms with E-state index in [1.54, 1.807) is 0 Å². The molecule has 64 heavy (non-hydrogen) atoms.